The molecule has 0 amide bonds. The van der Waals surface area contributed by atoms with Crippen molar-refractivity contribution in [2.45, 2.75) is 31.5 Å². The van der Waals surface area contributed by atoms with E-state index in [0.29, 0.717) is 24.1 Å². The van der Waals surface area contributed by atoms with Gasteiger partial charge in [-0.25, -0.2) is 18.9 Å². The second-order valence-corrected chi connectivity index (χ2v) is 7.60. The minimum Gasteiger partial charge on any atom is -0.467 e. The van der Waals surface area contributed by atoms with Crippen molar-refractivity contribution in [3.05, 3.63) is 58.4 Å². The average Bonchev–Trinajstić information content (AvgIpc) is 3.06. The molecule has 2 unspecified atom stereocenters. The molecule has 2 aliphatic heterocycles. The van der Waals surface area contributed by atoms with Crippen LogP contribution in [0.15, 0.2) is 46.3 Å². The minimum atomic E-state index is -0.682. The van der Waals surface area contributed by atoms with Gasteiger partial charge in [0, 0.05) is 19.0 Å². The molecular weight excluding hydrogens is 395 g/mol. The number of nitrogens with zero attached hydrogens (tertiary/aromatic N) is 4. The van der Waals surface area contributed by atoms with E-state index in [1.807, 2.05) is 21.3 Å². The Kier molecular flexibility index (Phi) is 5.31. The number of hydrogen-bond acceptors (Lipinski definition) is 6. The Hall–Kier alpha value is -2.81. The number of methoxy groups -OCH3 is 1. The van der Waals surface area contributed by atoms with E-state index in [1.165, 1.54) is 35.9 Å². The summed E-state index contributed by atoms with van der Waals surface area (Å²) in [6, 6.07) is 4.93. The molecule has 0 aliphatic carbocycles. The largest absolute Gasteiger partial charge is 0.467 e. The number of carbonyl (C=O) groups is 1. The lowest BCUT2D eigenvalue weighted by Crippen LogP contribution is -2.37. The van der Waals surface area contributed by atoms with Crippen LogP contribution < -0.4 is 5.56 Å². The van der Waals surface area contributed by atoms with Crippen molar-refractivity contribution in [1.82, 2.24) is 13.7 Å². The number of aliphatic imine (C=N–C) groups is 1. The summed E-state index contributed by atoms with van der Waals surface area (Å²) in [7, 11) is 1.33. The molecule has 7 nitrogen and oxygen atoms in total. The molecule has 2 atom stereocenters. The molecule has 152 valence electrons. The summed E-state index contributed by atoms with van der Waals surface area (Å²) < 4.78 is 23.8. The highest BCUT2D eigenvalue weighted by molar-refractivity contribution is 7.96. The van der Waals surface area contributed by atoms with Crippen molar-refractivity contribution in [2.75, 3.05) is 13.4 Å². The molecule has 0 saturated carbocycles. The fraction of sp³-hybridized carbons (Fsp3) is 0.350. The molecule has 4 rings (SSSR count). The molecule has 0 spiro atoms. The van der Waals surface area contributed by atoms with Crippen LogP contribution in [0, 0.1) is 5.82 Å². The summed E-state index contributed by atoms with van der Waals surface area (Å²) >= 11 is 1.48. The number of hydrogen-bond donors (Lipinski definition) is 0. The predicted octanol–water partition coefficient (Wildman–Crippen LogP) is 3.14. The second-order valence-electron chi connectivity index (χ2n) is 6.81. The Bertz CT molecular complexity index is 1040. The molecule has 1 aromatic carbocycles. The summed E-state index contributed by atoms with van der Waals surface area (Å²) in [5.41, 5.74) is 1.55. The number of halogens is 1. The van der Waals surface area contributed by atoms with Gasteiger partial charge in [-0.3, -0.25) is 13.8 Å². The average molecular weight is 416 g/mol. The quantitative estimate of drug-likeness (QED) is 0.566. The summed E-state index contributed by atoms with van der Waals surface area (Å²) in [6.07, 6.45) is 8.52. The zero-order chi connectivity index (χ0) is 20.5. The Balaban J connectivity index is 1.99. The fourth-order valence-corrected chi connectivity index (χ4v) is 4.53. The number of benzene rings is 1. The Labute approximate surface area is 171 Å². The minimum absolute atomic E-state index is 0.257. The number of rotatable bonds is 4. The van der Waals surface area contributed by atoms with E-state index in [1.54, 1.807) is 24.7 Å². The van der Waals surface area contributed by atoms with E-state index in [9.17, 15) is 14.0 Å². The van der Waals surface area contributed by atoms with Gasteiger partial charge in [-0.1, -0.05) is 24.1 Å². The normalized spacial score (nSPS) is 20.6. The maximum absolute atomic E-state index is 13.5. The molecular formula is C20H21FN4O3S. The van der Waals surface area contributed by atoms with Gasteiger partial charge >= 0.3 is 5.97 Å². The van der Waals surface area contributed by atoms with E-state index in [-0.39, 0.29) is 17.4 Å². The summed E-state index contributed by atoms with van der Waals surface area (Å²) in [4.78, 5) is 30.1. The maximum Gasteiger partial charge on any atom is 0.330 e. The van der Waals surface area contributed by atoms with Crippen molar-refractivity contribution < 1.29 is 13.9 Å². The monoisotopic (exact) mass is 416 g/mol. The number of fused-ring (bicyclic) bond motifs is 1. The van der Waals surface area contributed by atoms with Gasteiger partial charge in [0.25, 0.3) is 5.56 Å². The van der Waals surface area contributed by atoms with Gasteiger partial charge in [-0.15, -0.1) is 0 Å². The van der Waals surface area contributed by atoms with E-state index in [4.69, 9.17) is 4.74 Å². The fourth-order valence-electron chi connectivity index (χ4n) is 3.98. The van der Waals surface area contributed by atoms with Gasteiger partial charge in [-0.2, -0.15) is 0 Å². The lowest BCUT2D eigenvalue weighted by atomic mass is 10.0. The van der Waals surface area contributed by atoms with Gasteiger partial charge in [-0.05, 0) is 36.6 Å². The maximum atomic E-state index is 13.5. The number of ether oxygens (including phenoxy) is 1. The van der Waals surface area contributed by atoms with Crippen LogP contribution in [-0.4, -0.2) is 39.3 Å². The standard InChI is InChI=1S/C20H21FN4O3S/c1-28-20(27)16-4-3-11-23-18(15-9-10-22-12-24(15)29-2)17(19(26)25(16)23)13-5-7-14(21)8-6-13/h5-10,12,15-16H,3-4,11H2,1-2H3. The predicted molar refractivity (Wildman–Crippen MR) is 110 cm³/mol. The number of esters is 1. The van der Waals surface area contributed by atoms with Gasteiger partial charge in [0.2, 0.25) is 0 Å². The van der Waals surface area contributed by atoms with E-state index in [0.717, 1.165) is 12.1 Å². The Morgan fingerprint density at radius 2 is 2.07 bits per heavy atom. The lowest BCUT2D eigenvalue weighted by molar-refractivity contribution is -0.146. The summed E-state index contributed by atoms with van der Waals surface area (Å²) in [6.45, 7) is 0.600. The van der Waals surface area contributed by atoms with Crippen LogP contribution in [0.3, 0.4) is 0 Å². The van der Waals surface area contributed by atoms with Crippen LogP contribution >= 0.6 is 11.9 Å². The molecule has 1 aromatic heterocycles. The van der Waals surface area contributed by atoms with Crippen molar-refractivity contribution in [3.8, 4) is 11.1 Å². The molecule has 3 heterocycles. The van der Waals surface area contributed by atoms with Crippen molar-refractivity contribution in [1.29, 1.82) is 0 Å². The molecule has 0 fully saturated rings. The highest BCUT2D eigenvalue weighted by Gasteiger charge is 2.36. The zero-order valence-electron chi connectivity index (χ0n) is 16.1. The Morgan fingerprint density at radius 1 is 1.31 bits per heavy atom. The second kappa shape index (κ2) is 7.90. The van der Waals surface area contributed by atoms with Crippen LogP contribution in [0.4, 0.5) is 4.39 Å². The molecule has 2 aromatic rings. The number of carbonyl (C=O) groups excluding carboxylic acids is 1. The highest BCUT2D eigenvalue weighted by Crippen LogP contribution is 2.37. The van der Waals surface area contributed by atoms with Crippen LogP contribution in [0.5, 0.6) is 0 Å². The van der Waals surface area contributed by atoms with E-state index < -0.39 is 12.0 Å². The first-order chi connectivity index (χ1) is 14.1. The molecule has 0 N–H and O–H groups in total. The Morgan fingerprint density at radius 3 is 2.76 bits per heavy atom. The smallest absolute Gasteiger partial charge is 0.330 e. The molecule has 0 radical (unpaired) electrons. The topological polar surface area (TPSA) is 68.8 Å². The van der Waals surface area contributed by atoms with Crippen LogP contribution in [-0.2, 0) is 16.1 Å². The third-order valence-electron chi connectivity index (χ3n) is 5.27. The third-order valence-corrected chi connectivity index (χ3v) is 6.01. The van der Waals surface area contributed by atoms with Crippen LogP contribution in [0.25, 0.3) is 11.1 Å². The van der Waals surface area contributed by atoms with Crippen LogP contribution in [0.1, 0.15) is 30.6 Å². The van der Waals surface area contributed by atoms with Crippen molar-refractivity contribution in [3.63, 3.8) is 0 Å². The van der Waals surface area contributed by atoms with E-state index >= 15 is 0 Å². The molecule has 9 heteroatoms. The first-order valence-electron chi connectivity index (χ1n) is 9.28. The van der Waals surface area contributed by atoms with Gasteiger partial charge in [0.15, 0.2) is 6.04 Å². The van der Waals surface area contributed by atoms with Gasteiger partial charge < -0.3 is 4.74 Å². The molecule has 29 heavy (non-hydrogen) atoms. The lowest BCUT2D eigenvalue weighted by Gasteiger charge is -2.31. The SMILES string of the molecule is COC(=O)C1CCCn2c(C3C=CN=CN3SC)c(-c3ccc(F)cc3)c(=O)n21. The molecule has 0 bridgehead atoms. The first-order valence-corrected chi connectivity index (χ1v) is 10.5. The van der Waals surface area contributed by atoms with Gasteiger partial charge in [0.1, 0.15) is 18.2 Å². The van der Waals surface area contributed by atoms with Crippen molar-refractivity contribution in [2.24, 2.45) is 4.99 Å². The molecule has 2 aliphatic rings. The van der Waals surface area contributed by atoms with E-state index in [2.05, 4.69) is 4.99 Å². The summed E-state index contributed by atoms with van der Waals surface area (Å²) in [5, 5.41) is 0. The van der Waals surface area contributed by atoms with Crippen LogP contribution in [0.2, 0.25) is 0 Å². The highest BCUT2D eigenvalue weighted by atomic mass is 32.2. The first kappa shape index (κ1) is 19.5. The van der Waals surface area contributed by atoms with Crippen molar-refractivity contribution >= 4 is 24.3 Å². The third kappa shape index (κ3) is 3.29. The summed E-state index contributed by atoms with van der Waals surface area (Å²) in [5.74, 6) is -0.813. The molecule has 0 saturated heterocycles. The zero-order valence-corrected chi connectivity index (χ0v) is 16.9. The number of aromatic nitrogens is 2. The van der Waals surface area contributed by atoms with Gasteiger partial charge in [0.05, 0.1) is 18.4 Å².